The van der Waals surface area contributed by atoms with E-state index in [0.29, 0.717) is 12.5 Å². The average molecular weight is 332 g/mol. The van der Waals surface area contributed by atoms with Crippen molar-refractivity contribution in [2.24, 2.45) is 11.7 Å². The molecule has 2 N–H and O–H groups in total. The van der Waals surface area contributed by atoms with Gasteiger partial charge >= 0.3 is 0 Å². The molecule has 0 heterocycles. The summed E-state index contributed by atoms with van der Waals surface area (Å²) in [6.45, 7) is 4.96. The van der Waals surface area contributed by atoms with Crippen molar-refractivity contribution in [1.82, 2.24) is 4.90 Å². The Morgan fingerprint density at radius 2 is 2.00 bits per heavy atom. The lowest BCUT2D eigenvalue weighted by Crippen LogP contribution is -2.45. The first-order valence-electron chi connectivity index (χ1n) is 9.06. The largest absolute Gasteiger partial charge is 0.497 e. The third-order valence-electron chi connectivity index (χ3n) is 5.49. The van der Waals surface area contributed by atoms with E-state index in [1.807, 2.05) is 30.1 Å². The van der Waals surface area contributed by atoms with E-state index in [2.05, 4.69) is 19.9 Å². The van der Waals surface area contributed by atoms with Gasteiger partial charge in [0.2, 0.25) is 5.91 Å². The van der Waals surface area contributed by atoms with Crippen molar-refractivity contribution in [3.63, 3.8) is 0 Å². The Hall–Kier alpha value is -1.55. The number of benzene rings is 1. The summed E-state index contributed by atoms with van der Waals surface area (Å²) >= 11 is 0. The monoisotopic (exact) mass is 332 g/mol. The van der Waals surface area contributed by atoms with Crippen LogP contribution in [0.25, 0.3) is 0 Å². The molecule has 0 radical (unpaired) electrons. The number of likely N-dealkylation sites (N-methyl/N-ethyl adjacent to an activating group) is 1. The lowest BCUT2D eigenvalue weighted by molar-refractivity contribution is -0.136. The van der Waals surface area contributed by atoms with Gasteiger partial charge < -0.3 is 15.4 Å². The highest BCUT2D eigenvalue weighted by Gasteiger charge is 2.44. The number of hydrogen-bond acceptors (Lipinski definition) is 3. The van der Waals surface area contributed by atoms with Crippen molar-refractivity contribution in [2.75, 3.05) is 20.7 Å². The molecule has 24 heavy (non-hydrogen) atoms. The summed E-state index contributed by atoms with van der Waals surface area (Å²) in [4.78, 5) is 15.2. The summed E-state index contributed by atoms with van der Waals surface area (Å²) in [5, 5.41) is 0. The fourth-order valence-corrected chi connectivity index (χ4v) is 3.67. The molecular formula is C20H32N2O2. The molecule has 1 aliphatic carbocycles. The number of hydrogen-bond donors (Lipinski definition) is 1. The molecule has 0 aromatic heterocycles. The molecule has 2 rings (SSSR count). The zero-order chi connectivity index (χ0) is 17.7. The molecule has 1 saturated carbocycles. The average Bonchev–Trinajstić information content (AvgIpc) is 3.09. The predicted octanol–water partition coefficient (Wildman–Crippen LogP) is 3.34. The summed E-state index contributed by atoms with van der Waals surface area (Å²) in [6, 6.07) is 8.14. The van der Waals surface area contributed by atoms with Gasteiger partial charge in [-0.25, -0.2) is 0 Å². The van der Waals surface area contributed by atoms with Crippen LogP contribution in [0.5, 0.6) is 5.75 Å². The molecule has 1 unspecified atom stereocenters. The zero-order valence-corrected chi connectivity index (χ0v) is 15.5. The highest BCUT2D eigenvalue weighted by molar-refractivity contribution is 5.88. The van der Waals surface area contributed by atoms with Crippen molar-refractivity contribution in [1.29, 1.82) is 0 Å². The van der Waals surface area contributed by atoms with Crippen LogP contribution in [-0.4, -0.2) is 37.6 Å². The van der Waals surface area contributed by atoms with Gasteiger partial charge in [0.05, 0.1) is 12.5 Å². The maximum absolute atomic E-state index is 13.3. The topological polar surface area (TPSA) is 55.6 Å². The summed E-state index contributed by atoms with van der Waals surface area (Å²) in [6.07, 6.45) is 4.87. The second kappa shape index (κ2) is 8.02. The van der Waals surface area contributed by atoms with Gasteiger partial charge in [-0.05, 0) is 42.9 Å². The molecule has 4 nitrogen and oxygen atoms in total. The van der Waals surface area contributed by atoms with Crippen LogP contribution in [0, 0.1) is 5.92 Å². The summed E-state index contributed by atoms with van der Waals surface area (Å²) in [5.41, 5.74) is 6.84. The van der Waals surface area contributed by atoms with Crippen LogP contribution in [0.15, 0.2) is 24.3 Å². The van der Waals surface area contributed by atoms with E-state index in [1.54, 1.807) is 7.11 Å². The van der Waals surface area contributed by atoms with Gasteiger partial charge in [-0.2, -0.15) is 0 Å². The van der Waals surface area contributed by atoms with Crippen LogP contribution in [0.4, 0.5) is 0 Å². The molecule has 1 amide bonds. The number of nitrogens with zero attached hydrogens (tertiary/aromatic N) is 1. The van der Waals surface area contributed by atoms with Gasteiger partial charge in [-0.15, -0.1) is 0 Å². The standard InChI is InChI=1S/C20H32N2O2/c1-15(2)18(21)10-13-22(3)19(23)20(11-5-6-12-20)16-8-7-9-17(14-16)24-4/h7-9,14-15,18H,5-6,10-13,21H2,1-4H3. The van der Waals surface area contributed by atoms with Crippen LogP contribution in [0.3, 0.4) is 0 Å². The van der Waals surface area contributed by atoms with Gasteiger partial charge in [0.15, 0.2) is 0 Å². The molecule has 0 spiro atoms. The Labute approximate surface area is 146 Å². The van der Waals surface area contributed by atoms with Crippen molar-refractivity contribution in [2.45, 2.75) is 57.4 Å². The van der Waals surface area contributed by atoms with Gasteiger partial charge in [0.1, 0.15) is 5.75 Å². The maximum atomic E-state index is 13.3. The SMILES string of the molecule is COc1cccc(C2(C(=O)N(C)CCC(N)C(C)C)CCCC2)c1. The number of carbonyl (C=O) groups is 1. The maximum Gasteiger partial charge on any atom is 0.232 e. The van der Waals surface area contributed by atoms with E-state index in [4.69, 9.17) is 10.5 Å². The number of ether oxygens (including phenoxy) is 1. The normalized spacial score (nSPS) is 17.8. The predicted molar refractivity (Wildman–Crippen MR) is 98.2 cm³/mol. The van der Waals surface area contributed by atoms with E-state index >= 15 is 0 Å². The van der Waals surface area contributed by atoms with E-state index < -0.39 is 5.41 Å². The Morgan fingerprint density at radius 3 is 2.58 bits per heavy atom. The van der Waals surface area contributed by atoms with Crippen molar-refractivity contribution >= 4 is 5.91 Å². The van der Waals surface area contributed by atoms with Crippen LogP contribution in [0.1, 0.15) is 51.5 Å². The Bertz CT molecular complexity index is 550. The fourth-order valence-electron chi connectivity index (χ4n) is 3.67. The summed E-state index contributed by atoms with van der Waals surface area (Å²) < 4.78 is 5.36. The van der Waals surface area contributed by atoms with E-state index in [0.717, 1.165) is 43.4 Å². The fraction of sp³-hybridized carbons (Fsp3) is 0.650. The Morgan fingerprint density at radius 1 is 1.33 bits per heavy atom. The van der Waals surface area contributed by atoms with Crippen molar-refractivity contribution < 1.29 is 9.53 Å². The lowest BCUT2D eigenvalue weighted by atomic mass is 9.77. The molecule has 1 aliphatic rings. The third kappa shape index (κ3) is 3.92. The second-order valence-electron chi connectivity index (χ2n) is 7.44. The third-order valence-corrected chi connectivity index (χ3v) is 5.49. The first-order valence-corrected chi connectivity index (χ1v) is 9.06. The Kier molecular flexibility index (Phi) is 6.27. The quantitative estimate of drug-likeness (QED) is 0.833. The highest BCUT2D eigenvalue weighted by atomic mass is 16.5. The van der Waals surface area contributed by atoms with Gasteiger partial charge in [-0.3, -0.25) is 4.79 Å². The van der Waals surface area contributed by atoms with Crippen LogP contribution in [-0.2, 0) is 10.2 Å². The van der Waals surface area contributed by atoms with Crippen molar-refractivity contribution in [3.05, 3.63) is 29.8 Å². The Balaban J connectivity index is 2.18. The second-order valence-corrected chi connectivity index (χ2v) is 7.44. The minimum Gasteiger partial charge on any atom is -0.497 e. The zero-order valence-electron chi connectivity index (χ0n) is 15.5. The van der Waals surface area contributed by atoms with E-state index in [-0.39, 0.29) is 11.9 Å². The first-order chi connectivity index (χ1) is 11.4. The van der Waals surface area contributed by atoms with Crippen LogP contribution < -0.4 is 10.5 Å². The van der Waals surface area contributed by atoms with Gasteiger partial charge in [0.25, 0.3) is 0 Å². The van der Waals surface area contributed by atoms with Crippen LogP contribution >= 0.6 is 0 Å². The van der Waals surface area contributed by atoms with E-state index in [9.17, 15) is 4.79 Å². The molecule has 1 aromatic carbocycles. The molecule has 134 valence electrons. The summed E-state index contributed by atoms with van der Waals surface area (Å²) in [5.74, 6) is 1.48. The number of amides is 1. The van der Waals surface area contributed by atoms with E-state index in [1.165, 1.54) is 0 Å². The molecule has 0 bridgehead atoms. The molecule has 1 fully saturated rings. The van der Waals surface area contributed by atoms with Gasteiger partial charge in [0, 0.05) is 19.6 Å². The molecule has 0 aliphatic heterocycles. The number of rotatable bonds is 7. The lowest BCUT2D eigenvalue weighted by Gasteiger charge is -2.34. The molecule has 1 atom stereocenters. The number of nitrogens with two attached hydrogens (primary N) is 1. The van der Waals surface area contributed by atoms with Crippen LogP contribution in [0.2, 0.25) is 0 Å². The van der Waals surface area contributed by atoms with Gasteiger partial charge in [-0.1, -0.05) is 38.8 Å². The minimum atomic E-state index is -0.398. The number of carbonyl (C=O) groups excluding carboxylic acids is 1. The smallest absolute Gasteiger partial charge is 0.232 e. The first kappa shape index (κ1) is 18.8. The number of methoxy groups -OCH3 is 1. The molecular weight excluding hydrogens is 300 g/mol. The molecule has 4 heteroatoms. The molecule has 0 saturated heterocycles. The highest BCUT2D eigenvalue weighted by Crippen LogP contribution is 2.43. The minimum absolute atomic E-state index is 0.136. The molecule has 1 aromatic rings. The summed E-state index contributed by atoms with van der Waals surface area (Å²) in [7, 11) is 3.58. The van der Waals surface area contributed by atoms with Crippen molar-refractivity contribution in [3.8, 4) is 5.75 Å².